The normalized spacial score (nSPS) is 11.1. The number of aromatic nitrogens is 2. The Kier molecular flexibility index (Phi) is 5.17. The van der Waals surface area contributed by atoms with Crippen LogP contribution in [-0.2, 0) is 9.47 Å². The molecule has 0 spiro atoms. The lowest BCUT2D eigenvalue weighted by molar-refractivity contribution is 0.0599. The number of benzene rings is 1. The minimum Gasteiger partial charge on any atom is -0.465 e. The summed E-state index contributed by atoms with van der Waals surface area (Å²) in [5.74, 6) is -1.24. The van der Waals surface area contributed by atoms with Gasteiger partial charge >= 0.3 is 11.9 Å². The Bertz CT molecular complexity index is 1310. The topological polar surface area (TPSA) is 78.4 Å². The molecule has 30 heavy (non-hydrogen) atoms. The SMILES string of the molecule is COC(=O)c1c(C)nc(C)c(C(=O)OC)c1-c1cnc2c(sc3ccccc32)c1Cl. The monoisotopic (exact) mass is 440 g/mol. The number of fused-ring (bicyclic) bond motifs is 3. The van der Waals surface area contributed by atoms with Crippen LogP contribution in [0.4, 0.5) is 0 Å². The van der Waals surface area contributed by atoms with Gasteiger partial charge in [0.25, 0.3) is 0 Å². The Balaban J connectivity index is 2.14. The Morgan fingerprint density at radius 1 is 1.00 bits per heavy atom. The zero-order chi connectivity index (χ0) is 21.6. The number of methoxy groups -OCH3 is 2. The molecule has 3 heterocycles. The van der Waals surface area contributed by atoms with Gasteiger partial charge in [0.05, 0.1) is 52.0 Å². The lowest BCUT2D eigenvalue weighted by Gasteiger charge is -2.17. The molecule has 0 N–H and O–H groups in total. The third-order valence-corrected chi connectivity index (χ3v) is 6.62. The van der Waals surface area contributed by atoms with Crippen LogP contribution in [0, 0.1) is 13.8 Å². The molecule has 6 nitrogen and oxygen atoms in total. The van der Waals surface area contributed by atoms with Crippen LogP contribution in [0.1, 0.15) is 32.1 Å². The number of aryl methyl sites for hydroxylation is 2. The molecule has 0 saturated heterocycles. The predicted octanol–water partition coefficient (Wildman–Crippen LogP) is 5.35. The quantitative estimate of drug-likeness (QED) is 0.399. The molecule has 0 saturated carbocycles. The summed E-state index contributed by atoms with van der Waals surface area (Å²) in [6.07, 6.45) is 1.58. The molecule has 3 aromatic heterocycles. The van der Waals surface area contributed by atoms with Crippen LogP contribution < -0.4 is 0 Å². The zero-order valence-electron chi connectivity index (χ0n) is 16.7. The first-order valence-corrected chi connectivity index (χ1v) is 10.2. The van der Waals surface area contributed by atoms with E-state index in [2.05, 4.69) is 9.97 Å². The molecule has 1 aromatic carbocycles. The maximum Gasteiger partial charge on any atom is 0.340 e. The molecule has 4 aromatic rings. The second-order valence-electron chi connectivity index (χ2n) is 6.65. The summed E-state index contributed by atoms with van der Waals surface area (Å²) < 4.78 is 11.8. The smallest absolute Gasteiger partial charge is 0.340 e. The van der Waals surface area contributed by atoms with Gasteiger partial charge in [-0.3, -0.25) is 9.97 Å². The van der Waals surface area contributed by atoms with Gasteiger partial charge < -0.3 is 9.47 Å². The first-order chi connectivity index (χ1) is 14.4. The summed E-state index contributed by atoms with van der Waals surface area (Å²) in [4.78, 5) is 34.3. The van der Waals surface area contributed by atoms with E-state index in [4.69, 9.17) is 21.1 Å². The van der Waals surface area contributed by atoms with Gasteiger partial charge in [0.15, 0.2) is 0 Å². The van der Waals surface area contributed by atoms with E-state index in [9.17, 15) is 9.59 Å². The minimum absolute atomic E-state index is 0.160. The molecule has 0 bridgehead atoms. The van der Waals surface area contributed by atoms with Crippen molar-refractivity contribution >= 4 is 55.2 Å². The molecule has 0 unspecified atom stereocenters. The summed E-state index contributed by atoms with van der Waals surface area (Å²) in [6.45, 7) is 3.37. The standard InChI is InChI=1S/C22H17ClN2O4S/c1-10-15(21(26)28-3)17(16(11(2)25-10)22(27)29-4)13-9-24-19-12-7-5-6-8-14(12)30-20(19)18(13)23/h5-9H,1-4H3. The molecular weight excluding hydrogens is 424 g/mol. The highest BCUT2D eigenvalue weighted by atomic mass is 35.5. The number of thiophene rings is 1. The van der Waals surface area contributed by atoms with E-state index in [1.807, 2.05) is 24.3 Å². The molecule has 8 heteroatoms. The van der Waals surface area contributed by atoms with Crippen LogP contribution >= 0.6 is 22.9 Å². The van der Waals surface area contributed by atoms with E-state index in [1.165, 1.54) is 25.6 Å². The summed E-state index contributed by atoms with van der Waals surface area (Å²) in [7, 11) is 2.55. The average Bonchev–Trinajstić information content (AvgIpc) is 3.12. The molecule has 0 amide bonds. The van der Waals surface area contributed by atoms with Crippen molar-refractivity contribution in [3.8, 4) is 11.1 Å². The van der Waals surface area contributed by atoms with Gasteiger partial charge in [0.2, 0.25) is 0 Å². The third kappa shape index (κ3) is 3.02. The average molecular weight is 441 g/mol. The molecule has 0 aliphatic heterocycles. The molecule has 0 atom stereocenters. The fraction of sp³-hybridized carbons (Fsp3) is 0.182. The van der Waals surface area contributed by atoms with Crippen molar-refractivity contribution in [2.45, 2.75) is 13.8 Å². The number of carbonyl (C=O) groups is 2. The number of rotatable bonds is 3. The van der Waals surface area contributed by atoms with E-state index < -0.39 is 11.9 Å². The maximum absolute atomic E-state index is 12.6. The lowest BCUT2D eigenvalue weighted by Crippen LogP contribution is -2.16. The Morgan fingerprint density at radius 2 is 1.60 bits per heavy atom. The number of carbonyl (C=O) groups excluding carboxylic acids is 2. The van der Waals surface area contributed by atoms with Crippen molar-refractivity contribution in [3.63, 3.8) is 0 Å². The Labute approximate surface area is 181 Å². The van der Waals surface area contributed by atoms with Crippen LogP contribution in [0.3, 0.4) is 0 Å². The largest absolute Gasteiger partial charge is 0.465 e. The molecule has 0 fully saturated rings. The zero-order valence-corrected chi connectivity index (χ0v) is 18.3. The van der Waals surface area contributed by atoms with Gasteiger partial charge in [0, 0.05) is 27.4 Å². The van der Waals surface area contributed by atoms with Gasteiger partial charge in [-0.05, 0) is 19.9 Å². The van der Waals surface area contributed by atoms with Crippen molar-refractivity contribution in [1.82, 2.24) is 9.97 Å². The minimum atomic E-state index is -0.618. The van der Waals surface area contributed by atoms with Crippen molar-refractivity contribution in [2.24, 2.45) is 0 Å². The Hall–Kier alpha value is -3.03. The third-order valence-electron chi connectivity index (χ3n) is 4.94. The molecule has 152 valence electrons. The van der Waals surface area contributed by atoms with Crippen LogP contribution in [0.25, 0.3) is 31.4 Å². The highest BCUT2D eigenvalue weighted by Crippen LogP contribution is 2.43. The van der Waals surface area contributed by atoms with Crippen LogP contribution in [0.15, 0.2) is 30.5 Å². The molecule has 0 radical (unpaired) electrons. The fourth-order valence-corrected chi connectivity index (χ4v) is 5.06. The van der Waals surface area contributed by atoms with Gasteiger partial charge in [0.1, 0.15) is 0 Å². The summed E-state index contributed by atoms with van der Waals surface area (Å²) in [5, 5.41) is 1.40. The molecule has 0 aliphatic rings. The fourth-order valence-electron chi connectivity index (χ4n) is 3.61. The predicted molar refractivity (Wildman–Crippen MR) is 118 cm³/mol. The van der Waals surface area contributed by atoms with Crippen LogP contribution in [-0.4, -0.2) is 36.1 Å². The highest BCUT2D eigenvalue weighted by molar-refractivity contribution is 7.26. The second-order valence-corrected chi connectivity index (χ2v) is 8.08. The summed E-state index contributed by atoms with van der Waals surface area (Å²) >= 11 is 8.34. The number of hydrogen-bond donors (Lipinski definition) is 0. The van der Waals surface area contributed by atoms with Gasteiger partial charge in [-0.2, -0.15) is 0 Å². The lowest BCUT2D eigenvalue weighted by atomic mass is 9.93. The first-order valence-electron chi connectivity index (χ1n) is 9.03. The number of esters is 2. The summed E-state index contributed by atoms with van der Waals surface area (Å²) in [6, 6.07) is 7.88. The van der Waals surface area contributed by atoms with Crippen LogP contribution in [0.2, 0.25) is 5.02 Å². The van der Waals surface area contributed by atoms with E-state index in [1.54, 1.807) is 20.0 Å². The van der Waals surface area contributed by atoms with E-state index in [-0.39, 0.29) is 11.1 Å². The molecule has 0 aliphatic carbocycles. The number of ether oxygens (including phenoxy) is 2. The van der Waals surface area contributed by atoms with Crippen LogP contribution in [0.5, 0.6) is 0 Å². The Morgan fingerprint density at radius 3 is 2.20 bits per heavy atom. The number of hydrogen-bond acceptors (Lipinski definition) is 7. The van der Waals surface area contributed by atoms with Crippen molar-refractivity contribution in [3.05, 3.63) is 58.0 Å². The summed E-state index contributed by atoms with van der Waals surface area (Å²) in [5.41, 5.74) is 2.70. The van der Waals surface area contributed by atoms with Crippen molar-refractivity contribution in [1.29, 1.82) is 0 Å². The van der Waals surface area contributed by atoms with Gasteiger partial charge in [-0.1, -0.05) is 29.8 Å². The van der Waals surface area contributed by atoms with Crippen molar-refractivity contribution < 1.29 is 19.1 Å². The van der Waals surface area contributed by atoms with Gasteiger partial charge in [-0.25, -0.2) is 9.59 Å². The molecule has 4 rings (SSSR count). The van der Waals surface area contributed by atoms with E-state index in [0.29, 0.717) is 27.5 Å². The van der Waals surface area contributed by atoms with Crippen molar-refractivity contribution in [2.75, 3.05) is 14.2 Å². The van der Waals surface area contributed by atoms with E-state index in [0.717, 1.165) is 20.3 Å². The van der Waals surface area contributed by atoms with E-state index >= 15 is 0 Å². The highest BCUT2D eigenvalue weighted by Gasteiger charge is 2.29. The van der Waals surface area contributed by atoms with Gasteiger partial charge in [-0.15, -0.1) is 11.3 Å². The number of pyridine rings is 2. The number of nitrogens with zero attached hydrogens (tertiary/aromatic N) is 2. The maximum atomic E-state index is 12.6. The first kappa shape index (κ1) is 20.3. The molecular formula is C22H17ClN2O4S. The number of halogens is 1. The second kappa shape index (κ2) is 7.66.